The zero-order chi connectivity index (χ0) is 26.0. The van der Waals surface area contributed by atoms with Gasteiger partial charge in [-0.1, -0.05) is 6.07 Å². The molecule has 0 N–H and O–H groups in total. The van der Waals surface area contributed by atoms with Gasteiger partial charge in [0.05, 0.1) is 35.2 Å². The van der Waals surface area contributed by atoms with Crippen LogP contribution in [0, 0.1) is 5.82 Å². The Morgan fingerprint density at radius 3 is 2.44 bits per heavy atom. The van der Waals surface area contributed by atoms with Crippen LogP contribution in [0.15, 0.2) is 61.2 Å². The third-order valence-electron chi connectivity index (χ3n) is 5.40. The number of rotatable bonds is 6. The molecule has 3 heterocycles. The summed E-state index contributed by atoms with van der Waals surface area (Å²) >= 11 is 0. The highest BCUT2D eigenvalue weighted by molar-refractivity contribution is 6.02. The van der Waals surface area contributed by atoms with E-state index in [0.29, 0.717) is 11.8 Å². The van der Waals surface area contributed by atoms with Gasteiger partial charge in [0, 0.05) is 49.4 Å². The number of benzene rings is 1. The maximum atomic E-state index is 14.9. The van der Waals surface area contributed by atoms with E-state index in [2.05, 4.69) is 15.1 Å². The molecule has 7 nitrogen and oxygen atoms in total. The van der Waals surface area contributed by atoms with Crippen molar-refractivity contribution in [2.45, 2.75) is 12.6 Å². The molecule has 0 aliphatic rings. The number of halogens is 4. The minimum absolute atomic E-state index is 0.0311. The van der Waals surface area contributed by atoms with Crippen molar-refractivity contribution >= 4 is 11.8 Å². The maximum absolute atomic E-state index is 14.9. The number of carbonyl (C=O) groups is 2. The second kappa shape index (κ2) is 9.68. The molecular formula is C25H18F4N4O3. The van der Waals surface area contributed by atoms with Crippen LogP contribution >= 0.6 is 0 Å². The standard InChI is InChI=1S/C25H18F4N4O3/c1-33-8-6-20(32-33)15-10-16(19(26)11-18(15)25(27,28)29)22(34)9-14-12-30-13-17(24(35)36-2)23(14)21-5-3-4-7-31-21/h3-8,10-13H,9H2,1-2H3. The summed E-state index contributed by atoms with van der Waals surface area (Å²) in [5, 5.41) is 3.98. The minimum Gasteiger partial charge on any atom is -0.465 e. The number of aryl methyl sites for hydroxylation is 1. The lowest BCUT2D eigenvalue weighted by Crippen LogP contribution is -2.14. The predicted molar refractivity (Wildman–Crippen MR) is 120 cm³/mol. The Morgan fingerprint density at radius 2 is 1.83 bits per heavy atom. The number of carbonyl (C=O) groups excluding carboxylic acids is 2. The van der Waals surface area contributed by atoms with Gasteiger partial charge < -0.3 is 4.74 Å². The van der Waals surface area contributed by atoms with Gasteiger partial charge >= 0.3 is 12.1 Å². The number of ketones is 1. The number of aromatic nitrogens is 4. The first kappa shape index (κ1) is 24.7. The first-order chi connectivity index (χ1) is 17.1. The third kappa shape index (κ3) is 4.85. The van der Waals surface area contributed by atoms with Crippen LogP contribution in [0.3, 0.4) is 0 Å². The Morgan fingerprint density at radius 1 is 1.06 bits per heavy atom. The Labute approximate surface area is 202 Å². The average Bonchev–Trinajstić information content (AvgIpc) is 3.29. The topological polar surface area (TPSA) is 87.0 Å². The first-order valence-electron chi connectivity index (χ1n) is 10.5. The van der Waals surface area contributed by atoms with E-state index in [1.165, 1.54) is 49.7 Å². The smallest absolute Gasteiger partial charge is 0.417 e. The zero-order valence-electron chi connectivity index (χ0n) is 19.0. The number of esters is 1. The van der Waals surface area contributed by atoms with E-state index in [-0.39, 0.29) is 22.4 Å². The molecule has 3 aromatic heterocycles. The number of pyridine rings is 2. The summed E-state index contributed by atoms with van der Waals surface area (Å²) in [7, 11) is 2.70. The van der Waals surface area contributed by atoms with E-state index in [9.17, 15) is 27.2 Å². The third-order valence-corrected chi connectivity index (χ3v) is 5.40. The highest BCUT2D eigenvalue weighted by Gasteiger charge is 2.36. The van der Waals surface area contributed by atoms with Crippen LogP contribution in [-0.4, -0.2) is 38.6 Å². The highest BCUT2D eigenvalue weighted by Crippen LogP contribution is 2.38. The molecule has 0 unspecified atom stereocenters. The fraction of sp³-hybridized carbons (Fsp3) is 0.160. The van der Waals surface area contributed by atoms with Gasteiger partial charge in [-0.3, -0.25) is 19.4 Å². The average molecular weight is 498 g/mol. The Kier molecular flexibility index (Phi) is 6.65. The fourth-order valence-corrected chi connectivity index (χ4v) is 3.78. The summed E-state index contributed by atoms with van der Waals surface area (Å²) in [5.41, 5.74) is -1.46. The summed E-state index contributed by atoms with van der Waals surface area (Å²) in [4.78, 5) is 33.8. The number of methoxy groups -OCH3 is 1. The summed E-state index contributed by atoms with van der Waals surface area (Å²) < 4.78 is 61.9. The van der Waals surface area contributed by atoms with Crippen molar-refractivity contribution in [3.8, 4) is 22.5 Å². The van der Waals surface area contributed by atoms with Crippen LogP contribution in [-0.2, 0) is 24.4 Å². The lowest BCUT2D eigenvalue weighted by molar-refractivity contribution is -0.137. The monoisotopic (exact) mass is 498 g/mol. The van der Waals surface area contributed by atoms with Gasteiger partial charge in [-0.15, -0.1) is 0 Å². The second-order valence-corrected chi connectivity index (χ2v) is 7.78. The van der Waals surface area contributed by atoms with Gasteiger partial charge in [-0.25, -0.2) is 9.18 Å². The number of hydrogen-bond donors (Lipinski definition) is 0. The zero-order valence-corrected chi connectivity index (χ0v) is 19.0. The molecular weight excluding hydrogens is 480 g/mol. The van der Waals surface area contributed by atoms with Crippen LogP contribution in [0.4, 0.5) is 17.6 Å². The molecule has 0 aliphatic carbocycles. The number of nitrogens with zero attached hydrogens (tertiary/aromatic N) is 4. The molecule has 4 rings (SSSR count). The minimum atomic E-state index is -4.87. The Hall–Kier alpha value is -4.41. The van der Waals surface area contributed by atoms with Crippen molar-refractivity contribution in [1.29, 1.82) is 0 Å². The molecule has 36 heavy (non-hydrogen) atoms. The van der Waals surface area contributed by atoms with Crippen molar-refractivity contribution in [2.24, 2.45) is 7.05 Å². The van der Waals surface area contributed by atoms with Crippen molar-refractivity contribution in [1.82, 2.24) is 19.7 Å². The molecule has 0 fully saturated rings. The summed E-state index contributed by atoms with van der Waals surface area (Å²) in [5.74, 6) is -2.88. The summed E-state index contributed by atoms with van der Waals surface area (Å²) in [6.07, 6.45) is 0.145. The second-order valence-electron chi connectivity index (χ2n) is 7.78. The molecule has 0 amide bonds. The summed E-state index contributed by atoms with van der Waals surface area (Å²) in [6.45, 7) is 0. The maximum Gasteiger partial charge on any atom is 0.417 e. The van der Waals surface area contributed by atoms with E-state index in [1.54, 1.807) is 18.2 Å². The van der Waals surface area contributed by atoms with Crippen molar-refractivity contribution in [3.63, 3.8) is 0 Å². The molecule has 184 valence electrons. The number of ether oxygens (including phenoxy) is 1. The van der Waals surface area contributed by atoms with E-state index in [1.807, 2.05) is 0 Å². The molecule has 0 atom stereocenters. The van der Waals surface area contributed by atoms with Crippen LogP contribution < -0.4 is 0 Å². The van der Waals surface area contributed by atoms with Gasteiger partial charge in [-0.05, 0) is 35.9 Å². The van der Waals surface area contributed by atoms with Gasteiger partial charge in [0.1, 0.15) is 5.82 Å². The molecule has 0 bridgehead atoms. The quantitative estimate of drug-likeness (QED) is 0.213. The van der Waals surface area contributed by atoms with Gasteiger partial charge in [0.2, 0.25) is 0 Å². The number of Topliss-reactive ketones (excluding diaryl/α,β-unsaturated/α-hetero) is 1. The summed E-state index contributed by atoms with van der Waals surface area (Å²) in [6, 6.07) is 7.41. The lowest BCUT2D eigenvalue weighted by atomic mass is 9.93. The van der Waals surface area contributed by atoms with Crippen LogP contribution in [0.5, 0.6) is 0 Å². The van der Waals surface area contributed by atoms with Crippen molar-refractivity contribution in [2.75, 3.05) is 7.11 Å². The Bertz CT molecular complexity index is 1450. The SMILES string of the molecule is COC(=O)c1cncc(CC(=O)c2cc(-c3ccn(C)n3)c(C(F)(F)F)cc2F)c1-c1ccccn1. The van der Waals surface area contributed by atoms with Crippen molar-refractivity contribution < 1.29 is 31.9 Å². The van der Waals surface area contributed by atoms with Crippen molar-refractivity contribution in [3.05, 3.63) is 89.3 Å². The molecule has 0 radical (unpaired) electrons. The Balaban J connectivity index is 1.82. The molecule has 0 aliphatic heterocycles. The molecule has 4 aromatic rings. The van der Waals surface area contributed by atoms with Crippen LogP contribution in [0.1, 0.15) is 31.8 Å². The van der Waals surface area contributed by atoms with E-state index >= 15 is 0 Å². The molecule has 1 aromatic carbocycles. The highest BCUT2D eigenvalue weighted by atomic mass is 19.4. The van der Waals surface area contributed by atoms with Crippen LogP contribution in [0.25, 0.3) is 22.5 Å². The first-order valence-corrected chi connectivity index (χ1v) is 10.5. The fourth-order valence-electron chi connectivity index (χ4n) is 3.78. The lowest BCUT2D eigenvalue weighted by Gasteiger charge is -2.15. The van der Waals surface area contributed by atoms with Gasteiger partial charge in [0.15, 0.2) is 5.78 Å². The molecule has 11 heteroatoms. The van der Waals surface area contributed by atoms with E-state index < -0.39 is 46.9 Å². The van der Waals surface area contributed by atoms with Gasteiger partial charge in [0.25, 0.3) is 0 Å². The molecule has 0 spiro atoms. The largest absolute Gasteiger partial charge is 0.465 e. The van der Waals surface area contributed by atoms with Crippen LogP contribution in [0.2, 0.25) is 0 Å². The predicted octanol–water partition coefficient (Wildman–Crippen LogP) is 4.91. The molecule has 0 saturated carbocycles. The molecule has 0 saturated heterocycles. The number of hydrogen-bond acceptors (Lipinski definition) is 6. The van der Waals surface area contributed by atoms with E-state index in [4.69, 9.17) is 4.74 Å². The van der Waals surface area contributed by atoms with Gasteiger partial charge in [-0.2, -0.15) is 18.3 Å². The number of alkyl halides is 3. The van der Waals surface area contributed by atoms with E-state index in [0.717, 1.165) is 6.07 Å². The normalized spacial score (nSPS) is 11.4.